The number of hydrogen-bond donors (Lipinski definition) is 2. The first-order chi connectivity index (χ1) is 8.38. The predicted octanol–water partition coefficient (Wildman–Crippen LogP) is 2.32. The fourth-order valence-corrected chi connectivity index (χ4v) is 2.86. The van der Waals surface area contributed by atoms with E-state index < -0.39 is 0 Å². The second-order valence-electron chi connectivity index (χ2n) is 5.19. The van der Waals surface area contributed by atoms with Crippen molar-refractivity contribution in [2.45, 2.75) is 38.1 Å². The van der Waals surface area contributed by atoms with Gasteiger partial charge in [0.25, 0.3) is 0 Å². The lowest BCUT2D eigenvalue weighted by molar-refractivity contribution is 0.258. The van der Waals surface area contributed by atoms with Crippen LogP contribution in [0.15, 0.2) is 18.2 Å². The quantitative estimate of drug-likeness (QED) is 0.618. The van der Waals surface area contributed by atoms with Crippen molar-refractivity contribution in [1.29, 1.82) is 0 Å². The summed E-state index contributed by atoms with van der Waals surface area (Å²) in [6.07, 6.45) is 6.26. The van der Waals surface area contributed by atoms with E-state index in [4.69, 9.17) is 10.6 Å². The zero-order chi connectivity index (χ0) is 11.7. The van der Waals surface area contributed by atoms with Gasteiger partial charge in [-0.15, -0.1) is 0 Å². The van der Waals surface area contributed by atoms with Crippen molar-refractivity contribution >= 4 is 0 Å². The molecule has 3 nitrogen and oxygen atoms in total. The Kier molecular flexibility index (Phi) is 3.04. The normalized spacial score (nSPS) is 20.5. The lowest BCUT2D eigenvalue weighted by Gasteiger charge is -2.30. The van der Waals surface area contributed by atoms with Gasteiger partial charge in [-0.05, 0) is 17.9 Å². The van der Waals surface area contributed by atoms with Gasteiger partial charge in [0.2, 0.25) is 0 Å². The maximum absolute atomic E-state index is 5.75. The molecular weight excluding hydrogens is 212 g/mol. The van der Waals surface area contributed by atoms with Crippen LogP contribution in [-0.2, 0) is 6.42 Å². The fraction of sp³-hybridized carbons (Fsp3) is 0.571. The molecule has 17 heavy (non-hydrogen) atoms. The molecule has 92 valence electrons. The van der Waals surface area contributed by atoms with Crippen LogP contribution in [0.2, 0.25) is 0 Å². The van der Waals surface area contributed by atoms with E-state index in [1.165, 1.54) is 30.4 Å². The second-order valence-corrected chi connectivity index (χ2v) is 5.19. The Morgan fingerprint density at radius 3 is 3.00 bits per heavy atom. The molecule has 1 fully saturated rings. The summed E-state index contributed by atoms with van der Waals surface area (Å²) >= 11 is 0. The van der Waals surface area contributed by atoms with E-state index in [1.54, 1.807) is 0 Å². The van der Waals surface area contributed by atoms with Crippen molar-refractivity contribution in [2.75, 3.05) is 6.61 Å². The van der Waals surface area contributed by atoms with Gasteiger partial charge in [0.1, 0.15) is 5.75 Å². The van der Waals surface area contributed by atoms with Crippen LogP contribution in [0.5, 0.6) is 5.75 Å². The number of fused-ring (bicyclic) bond motifs is 1. The van der Waals surface area contributed by atoms with E-state index in [0.717, 1.165) is 31.1 Å². The van der Waals surface area contributed by atoms with Crippen LogP contribution in [0.1, 0.15) is 42.9 Å². The predicted molar refractivity (Wildman–Crippen MR) is 67.7 cm³/mol. The fourth-order valence-electron chi connectivity index (χ4n) is 2.86. The Balaban J connectivity index is 1.82. The number of para-hydroxylation sites is 1. The van der Waals surface area contributed by atoms with Crippen molar-refractivity contribution in [3.8, 4) is 5.75 Å². The Bertz CT molecular complexity index is 401. The third kappa shape index (κ3) is 2.05. The van der Waals surface area contributed by atoms with E-state index in [-0.39, 0.29) is 6.04 Å². The average Bonchev–Trinajstić information content (AvgIpc) is 2.76. The van der Waals surface area contributed by atoms with Crippen LogP contribution < -0.4 is 16.0 Å². The standard InChI is InChI=1S/C14H20N2O/c15-16-13(9-10-3-1-4-10)12-6-2-5-11-7-8-17-14(11)12/h2,5-6,10,13,16H,1,3-4,7-9,15H2. The van der Waals surface area contributed by atoms with Crippen LogP contribution >= 0.6 is 0 Å². The molecule has 0 saturated heterocycles. The minimum atomic E-state index is 0.244. The molecular formula is C14H20N2O. The first-order valence-corrected chi connectivity index (χ1v) is 6.59. The van der Waals surface area contributed by atoms with Gasteiger partial charge in [0.05, 0.1) is 6.61 Å². The molecule has 1 unspecified atom stereocenters. The van der Waals surface area contributed by atoms with Gasteiger partial charge in [-0.3, -0.25) is 11.3 Å². The summed E-state index contributed by atoms with van der Waals surface area (Å²) in [6.45, 7) is 0.813. The molecule has 0 radical (unpaired) electrons. The lowest BCUT2D eigenvalue weighted by Crippen LogP contribution is -2.31. The summed E-state index contributed by atoms with van der Waals surface area (Å²) in [6, 6.07) is 6.66. The minimum absolute atomic E-state index is 0.244. The number of nitrogens with one attached hydrogen (secondary N) is 1. The number of benzene rings is 1. The van der Waals surface area contributed by atoms with E-state index in [0.29, 0.717) is 0 Å². The molecule has 0 aromatic heterocycles. The topological polar surface area (TPSA) is 47.3 Å². The largest absolute Gasteiger partial charge is 0.493 e. The van der Waals surface area contributed by atoms with E-state index in [1.807, 2.05) is 0 Å². The zero-order valence-electron chi connectivity index (χ0n) is 10.1. The van der Waals surface area contributed by atoms with E-state index in [9.17, 15) is 0 Å². The Morgan fingerprint density at radius 1 is 1.41 bits per heavy atom. The summed E-state index contributed by atoms with van der Waals surface area (Å²) in [5, 5.41) is 0. The number of rotatable bonds is 4. The van der Waals surface area contributed by atoms with Crippen molar-refractivity contribution in [3.63, 3.8) is 0 Å². The summed E-state index contributed by atoms with van der Waals surface area (Å²) in [5.74, 6) is 7.64. The summed E-state index contributed by atoms with van der Waals surface area (Å²) in [7, 11) is 0. The van der Waals surface area contributed by atoms with Gasteiger partial charge in [-0.2, -0.15) is 0 Å². The highest BCUT2D eigenvalue weighted by molar-refractivity contribution is 5.45. The molecule has 1 heterocycles. The molecule has 3 N–H and O–H groups in total. The van der Waals surface area contributed by atoms with Gasteiger partial charge in [0, 0.05) is 18.0 Å². The molecule has 1 aromatic rings. The van der Waals surface area contributed by atoms with Crippen LogP contribution in [0.3, 0.4) is 0 Å². The molecule has 1 aliphatic carbocycles. The lowest BCUT2D eigenvalue weighted by atomic mass is 9.79. The summed E-state index contributed by atoms with van der Waals surface area (Å²) in [4.78, 5) is 0. The number of hydrogen-bond acceptors (Lipinski definition) is 3. The Hall–Kier alpha value is -1.06. The number of ether oxygens (including phenoxy) is 1. The van der Waals surface area contributed by atoms with Gasteiger partial charge in [-0.1, -0.05) is 37.5 Å². The van der Waals surface area contributed by atoms with Crippen LogP contribution in [0.4, 0.5) is 0 Å². The Morgan fingerprint density at radius 2 is 2.29 bits per heavy atom. The van der Waals surface area contributed by atoms with Gasteiger partial charge >= 0.3 is 0 Å². The highest BCUT2D eigenvalue weighted by Crippen LogP contribution is 2.39. The molecule has 0 spiro atoms. The van der Waals surface area contributed by atoms with Crippen LogP contribution in [0.25, 0.3) is 0 Å². The van der Waals surface area contributed by atoms with Crippen molar-refractivity contribution in [2.24, 2.45) is 11.8 Å². The van der Waals surface area contributed by atoms with Crippen molar-refractivity contribution in [3.05, 3.63) is 29.3 Å². The highest BCUT2D eigenvalue weighted by atomic mass is 16.5. The minimum Gasteiger partial charge on any atom is -0.493 e. The third-order valence-electron chi connectivity index (χ3n) is 4.12. The first-order valence-electron chi connectivity index (χ1n) is 6.59. The van der Waals surface area contributed by atoms with Gasteiger partial charge in [-0.25, -0.2) is 0 Å². The number of nitrogens with two attached hydrogens (primary N) is 1. The molecule has 1 aromatic carbocycles. The van der Waals surface area contributed by atoms with Gasteiger partial charge < -0.3 is 4.74 Å². The molecule has 3 rings (SSSR count). The maximum Gasteiger partial charge on any atom is 0.127 e. The molecule has 1 saturated carbocycles. The van der Waals surface area contributed by atoms with Crippen LogP contribution in [0, 0.1) is 5.92 Å². The zero-order valence-corrected chi connectivity index (χ0v) is 10.1. The molecule has 2 aliphatic rings. The van der Waals surface area contributed by atoms with E-state index >= 15 is 0 Å². The Labute approximate surface area is 102 Å². The van der Waals surface area contributed by atoms with Gasteiger partial charge in [0.15, 0.2) is 0 Å². The molecule has 1 atom stereocenters. The maximum atomic E-state index is 5.75. The van der Waals surface area contributed by atoms with Crippen molar-refractivity contribution < 1.29 is 4.74 Å². The smallest absolute Gasteiger partial charge is 0.127 e. The van der Waals surface area contributed by atoms with Crippen LogP contribution in [-0.4, -0.2) is 6.61 Å². The molecule has 3 heteroatoms. The first kappa shape index (κ1) is 11.1. The summed E-state index contributed by atoms with van der Waals surface area (Å²) < 4.78 is 5.75. The molecule has 0 amide bonds. The average molecular weight is 232 g/mol. The SMILES string of the molecule is NNC(CC1CCC1)c1cccc2c1OCC2. The third-order valence-corrected chi connectivity index (χ3v) is 4.12. The summed E-state index contributed by atoms with van der Waals surface area (Å²) in [5.41, 5.74) is 5.54. The van der Waals surface area contributed by atoms with E-state index in [2.05, 4.69) is 23.6 Å². The molecule has 0 bridgehead atoms. The second kappa shape index (κ2) is 4.67. The van der Waals surface area contributed by atoms with Crippen molar-refractivity contribution in [1.82, 2.24) is 5.43 Å². The number of hydrazine groups is 1. The monoisotopic (exact) mass is 232 g/mol. The molecule has 1 aliphatic heterocycles. The highest BCUT2D eigenvalue weighted by Gasteiger charge is 2.26.